The number of nitrogens with one attached hydrogen (secondary N) is 1. The van der Waals surface area contributed by atoms with Gasteiger partial charge in [-0.25, -0.2) is 4.79 Å². The van der Waals surface area contributed by atoms with Gasteiger partial charge in [-0.05, 0) is 31.4 Å². The van der Waals surface area contributed by atoms with E-state index in [9.17, 15) is 14.4 Å². The Kier molecular flexibility index (Phi) is 4.72. The molecule has 2 atom stereocenters. The predicted molar refractivity (Wildman–Crippen MR) is 113 cm³/mol. The van der Waals surface area contributed by atoms with Crippen molar-refractivity contribution in [3.05, 3.63) is 34.2 Å². The smallest absolute Gasteiger partial charge is 0.314 e. The van der Waals surface area contributed by atoms with E-state index in [2.05, 4.69) is 22.1 Å². The summed E-state index contributed by atoms with van der Waals surface area (Å²) in [6.45, 7) is 2.73. The van der Waals surface area contributed by atoms with Gasteiger partial charge in [-0.1, -0.05) is 17.9 Å². The van der Waals surface area contributed by atoms with Crippen LogP contribution in [0.1, 0.15) is 37.7 Å². The average Bonchev–Trinajstić information content (AvgIpc) is 3.10. The van der Waals surface area contributed by atoms with Crippen molar-refractivity contribution in [3.8, 4) is 11.8 Å². The number of aryl methyl sites for hydroxylation is 1. The number of piperidine rings is 1. The van der Waals surface area contributed by atoms with Crippen LogP contribution in [0.15, 0.2) is 23.0 Å². The van der Waals surface area contributed by atoms with E-state index < -0.39 is 5.69 Å². The fourth-order valence-corrected chi connectivity index (χ4v) is 5.01. The van der Waals surface area contributed by atoms with Gasteiger partial charge >= 0.3 is 5.69 Å². The van der Waals surface area contributed by atoms with E-state index in [4.69, 9.17) is 0 Å². The summed E-state index contributed by atoms with van der Waals surface area (Å²) in [7, 11) is 1.65. The van der Waals surface area contributed by atoms with E-state index >= 15 is 0 Å². The zero-order valence-electron chi connectivity index (χ0n) is 17.1. The molecule has 8 heteroatoms. The van der Waals surface area contributed by atoms with E-state index in [0.29, 0.717) is 36.1 Å². The van der Waals surface area contributed by atoms with E-state index in [0.717, 1.165) is 23.7 Å². The van der Waals surface area contributed by atoms with Gasteiger partial charge in [-0.15, -0.1) is 0 Å². The minimum Gasteiger partial charge on any atom is -0.314 e. The van der Waals surface area contributed by atoms with Crippen molar-refractivity contribution in [1.29, 1.82) is 0 Å². The Labute approximate surface area is 174 Å². The lowest BCUT2D eigenvalue weighted by Gasteiger charge is -2.33. The molecule has 5 rings (SSSR count). The van der Waals surface area contributed by atoms with Crippen molar-refractivity contribution < 1.29 is 9.59 Å². The molecular weight excluding hydrogens is 382 g/mol. The number of imidazole rings is 1. The molecule has 2 bridgehead atoms. The quantitative estimate of drug-likeness (QED) is 0.572. The number of nitrogens with zero attached hydrogens (tertiary/aromatic N) is 4. The first kappa shape index (κ1) is 19.1. The Morgan fingerprint density at radius 2 is 1.77 bits per heavy atom. The Hall–Kier alpha value is -2.89. The van der Waals surface area contributed by atoms with Crippen LogP contribution in [0.2, 0.25) is 0 Å². The fraction of sp³-hybridized carbons (Fsp3) is 0.500. The summed E-state index contributed by atoms with van der Waals surface area (Å²) in [6.07, 6.45) is 3.48. The first-order chi connectivity index (χ1) is 14.6. The number of para-hydroxylation sites is 1. The molecule has 3 saturated heterocycles. The summed E-state index contributed by atoms with van der Waals surface area (Å²) in [5.74, 6) is 5.85. The van der Waals surface area contributed by atoms with Crippen LogP contribution in [0.5, 0.6) is 0 Å². The highest BCUT2D eigenvalue weighted by Gasteiger charge is 2.35. The second kappa shape index (κ2) is 7.42. The molecule has 0 saturated carbocycles. The average molecular weight is 407 g/mol. The molecule has 3 aliphatic heterocycles. The monoisotopic (exact) mass is 407 g/mol. The lowest BCUT2D eigenvalue weighted by molar-refractivity contribution is -0.131. The molecule has 2 amide bonds. The number of amides is 2. The van der Waals surface area contributed by atoms with Crippen LogP contribution in [0.3, 0.4) is 0 Å². The predicted octanol–water partition coefficient (Wildman–Crippen LogP) is 0.303. The van der Waals surface area contributed by atoms with Crippen molar-refractivity contribution in [1.82, 2.24) is 19.5 Å². The van der Waals surface area contributed by atoms with Gasteiger partial charge in [0, 0.05) is 45.1 Å². The number of benzene rings is 1. The van der Waals surface area contributed by atoms with E-state index in [-0.39, 0.29) is 24.7 Å². The number of hydrogen-bond donors (Lipinski definition) is 1. The molecule has 0 aliphatic carbocycles. The Morgan fingerprint density at radius 1 is 1.07 bits per heavy atom. The fourth-order valence-electron chi connectivity index (χ4n) is 5.01. The molecule has 1 aromatic heterocycles. The maximum Gasteiger partial charge on any atom is 0.348 e. The lowest BCUT2D eigenvalue weighted by atomic mass is 10.1. The van der Waals surface area contributed by atoms with Gasteiger partial charge in [0.25, 0.3) is 0 Å². The SMILES string of the molecule is Cn1c(=O)n(N2C(=O)CCCC2=O)c2cccc(C#CCN3C4CCC3CNC4)c21. The molecule has 1 aromatic carbocycles. The van der Waals surface area contributed by atoms with E-state index in [1.807, 2.05) is 12.1 Å². The highest BCUT2D eigenvalue weighted by atomic mass is 16.2. The van der Waals surface area contributed by atoms with Gasteiger partial charge in [0.05, 0.1) is 23.1 Å². The summed E-state index contributed by atoms with van der Waals surface area (Å²) < 4.78 is 2.68. The third-order valence-corrected chi connectivity index (χ3v) is 6.52. The minimum atomic E-state index is -0.414. The van der Waals surface area contributed by atoms with E-state index in [1.54, 1.807) is 13.1 Å². The Morgan fingerprint density at radius 3 is 2.47 bits per heavy atom. The molecule has 8 nitrogen and oxygen atoms in total. The molecule has 4 heterocycles. The highest BCUT2D eigenvalue weighted by molar-refractivity contribution is 6.11. The number of carbonyl (C=O) groups is 2. The van der Waals surface area contributed by atoms with Crippen LogP contribution in [0, 0.1) is 11.8 Å². The van der Waals surface area contributed by atoms with Gasteiger partial charge in [0.15, 0.2) is 0 Å². The second-order valence-corrected chi connectivity index (χ2v) is 8.30. The summed E-state index contributed by atoms with van der Waals surface area (Å²) in [4.78, 5) is 40.2. The summed E-state index contributed by atoms with van der Waals surface area (Å²) >= 11 is 0. The van der Waals surface area contributed by atoms with Crippen LogP contribution in [0.4, 0.5) is 0 Å². The van der Waals surface area contributed by atoms with Crippen molar-refractivity contribution >= 4 is 22.8 Å². The Bertz CT molecular complexity index is 1120. The molecule has 30 heavy (non-hydrogen) atoms. The van der Waals surface area contributed by atoms with Crippen molar-refractivity contribution in [3.63, 3.8) is 0 Å². The number of carbonyl (C=O) groups excluding carboxylic acids is 2. The topological polar surface area (TPSA) is 79.6 Å². The zero-order valence-corrected chi connectivity index (χ0v) is 17.1. The first-order valence-corrected chi connectivity index (χ1v) is 10.6. The number of fused-ring (bicyclic) bond motifs is 3. The molecular formula is C22H25N5O3. The zero-order chi connectivity index (χ0) is 20.8. The minimum absolute atomic E-state index is 0.265. The third kappa shape index (κ3) is 2.97. The molecule has 3 fully saturated rings. The molecule has 3 aliphatic rings. The number of imide groups is 1. The normalized spacial score (nSPS) is 24.4. The summed E-state index contributed by atoms with van der Waals surface area (Å²) in [5, 5.41) is 4.48. The van der Waals surface area contributed by atoms with Crippen LogP contribution < -0.4 is 16.0 Å². The van der Waals surface area contributed by atoms with Gasteiger partial charge in [0.1, 0.15) is 0 Å². The maximum atomic E-state index is 13.0. The number of rotatable bonds is 2. The van der Waals surface area contributed by atoms with Crippen molar-refractivity contribution in [2.24, 2.45) is 7.05 Å². The van der Waals surface area contributed by atoms with Gasteiger partial charge < -0.3 is 5.32 Å². The second-order valence-electron chi connectivity index (χ2n) is 8.30. The standard InChI is InChI=1S/C22H25N5O3/c1-24-21-15(6-4-12-25-16-10-11-17(25)14-23-13-16)5-2-7-18(21)26(22(24)30)27-19(28)8-3-9-20(27)29/h2,5,7,16-17,23H,3,8-14H2,1H3. The summed E-state index contributed by atoms with van der Waals surface area (Å²) in [6, 6.07) is 6.56. The van der Waals surface area contributed by atoms with Crippen LogP contribution in [-0.2, 0) is 16.6 Å². The van der Waals surface area contributed by atoms with Crippen molar-refractivity contribution in [2.45, 2.75) is 44.2 Å². The number of aromatic nitrogens is 2. The van der Waals surface area contributed by atoms with Crippen LogP contribution in [-0.4, -0.2) is 57.7 Å². The molecule has 156 valence electrons. The van der Waals surface area contributed by atoms with Gasteiger partial charge in [-0.3, -0.25) is 19.1 Å². The first-order valence-electron chi connectivity index (χ1n) is 10.6. The van der Waals surface area contributed by atoms with Crippen LogP contribution in [0.25, 0.3) is 11.0 Å². The number of piperazine rings is 1. The number of hydrogen-bond acceptors (Lipinski definition) is 5. The molecule has 0 radical (unpaired) electrons. The van der Waals surface area contributed by atoms with Gasteiger partial charge in [-0.2, -0.15) is 9.69 Å². The Balaban J connectivity index is 1.52. The molecule has 2 unspecified atom stereocenters. The molecule has 2 aromatic rings. The summed E-state index contributed by atoms with van der Waals surface area (Å²) in [5.41, 5.74) is 1.48. The molecule has 1 N–H and O–H groups in total. The lowest BCUT2D eigenvalue weighted by Crippen LogP contribution is -2.52. The van der Waals surface area contributed by atoms with E-state index in [1.165, 1.54) is 22.1 Å². The largest absolute Gasteiger partial charge is 0.348 e. The van der Waals surface area contributed by atoms with Crippen molar-refractivity contribution in [2.75, 3.05) is 24.6 Å². The molecule has 0 spiro atoms. The third-order valence-electron chi connectivity index (χ3n) is 6.52. The van der Waals surface area contributed by atoms with Crippen LogP contribution >= 0.6 is 0 Å². The maximum absolute atomic E-state index is 13.0. The highest BCUT2D eigenvalue weighted by Crippen LogP contribution is 2.26. The van der Waals surface area contributed by atoms with Gasteiger partial charge in [0.2, 0.25) is 11.8 Å².